The second-order valence-electron chi connectivity index (χ2n) is 8.16. The predicted octanol–water partition coefficient (Wildman–Crippen LogP) is 5.53. The van der Waals surface area contributed by atoms with E-state index in [2.05, 4.69) is 0 Å². The summed E-state index contributed by atoms with van der Waals surface area (Å²) in [6, 6.07) is 13.2. The molecular weight excluding hydrogens is 421 g/mol. The van der Waals surface area contributed by atoms with Crippen molar-refractivity contribution >= 4 is 41.2 Å². The van der Waals surface area contributed by atoms with Crippen molar-refractivity contribution in [2.45, 2.75) is 37.0 Å². The van der Waals surface area contributed by atoms with Gasteiger partial charge in [-0.2, -0.15) is 0 Å². The van der Waals surface area contributed by atoms with Crippen LogP contribution in [-0.4, -0.2) is 35.0 Å². The quantitative estimate of drug-likeness (QED) is 0.631. The first-order valence-electron chi connectivity index (χ1n) is 10.1. The van der Waals surface area contributed by atoms with Crippen LogP contribution in [0.25, 0.3) is 6.08 Å². The van der Waals surface area contributed by atoms with Crippen molar-refractivity contribution in [1.29, 1.82) is 0 Å². The number of carboxylic acid groups (broad SMARTS) is 1. The van der Waals surface area contributed by atoms with Crippen LogP contribution in [0.5, 0.6) is 0 Å². The Morgan fingerprint density at radius 2 is 1.77 bits per heavy atom. The first-order chi connectivity index (χ1) is 14.4. The molecule has 0 aromatic heterocycles. The lowest BCUT2D eigenvalue weighted by Gasteiger charge is -2.40. The Bertz CT molecular complexity index is 1010. The molecule has 1 unspecified atom stereocenters. The average molecular weight is 444 g/mol. The van der Waals surface area contributed by atoms with Crippen molar-refractivity contribution < 1.29 is 14.7 Å². The fourth-order valence-electron chi connectivity index (χ4n) is 5.00. The van der Waals surface area contributed by atoms with E-state index in [1.807, 2.05) is 41.3 Å². The molecule has 1 fully saturated rings. The van der Waals surface area contributed by atoms with E-state index < -0.39 is 5.97 Å². The van der Waals surface area contributed by atoms with Crippen molar-refractivity contribution in [2.24, 2.45) is 0 Å². The number of carbonyl (C=O) groups is 2. The molecule has 1 aliphatic carbocycles. The lowest BCUT2D eigenvalue weighted by molar-refractivity contribution is -0.137. The zero-order chi connectivity index (χ0) is 21.3. The molecule has 1 atom stereocenters. The minimum Gasteiger partial charge on any atom is -0.481 e. The Morgan fingerprint density at radius 3 is 2.47 bits per heavy atom. The molecule has 2 aliphatic rings. The van der Waals surface area contributed by atoms with E-state index in [-0.39, 0.29) is 23.7 Å². The molecule has 4 nitrogen and oxygen atoms in total. The van der Waals surface area contributed by atoms with Gasteiger partial charge < -0.3 is 10.0 Å². The third kappa shape index (κ3) is 3.99. The van der Waals surface area contributed by atoms with Gasteiger partial charge in [0.1, 0.15) is 0 Å². The van der Waals surface area contributed by atoms with Crippen LogP contribution in [0.15, 0.2) is 48.5 Å². The number of rotatable bonds is 4. The molecule has 156 valence electrons. The molecule has 1 amide bonds. The number of halogens is 2. The highest BCUT2D eigenvalue weighted by molar-refractivity contribution is 6.32. The molecule has 1 heterocycles. The molecule has 1 aliphatic heterocycles. The zero-order valence-electron chi connectivity index (χ0n) is 16.5. The van der Waals surface area contributed by atoms with E-state index in [1.165, 1.54) is 0 Å². The number of amides is 1. The topological polar surface area (TPSA) is 57.6 Å². The Morgan fingerprint density at radius 1 is 1.07 bits per heavy atom. The normalized spacial score (nSPS) is 19.9. The molecule has 0 bridgehead atoms. The van der Waals surface area contributed by atoms with Crippen molar-refractivity contribution in [2.75, 3.05) is 13.1 Å². The highest BCUT2D eigenvalue weighted by Crippen LogP contribution is 2.54. The number of hydrogen-bond acceptors (Lipinski definition) is 2. The highest BCUT2D eigenvalue weighted by Gasteiger charge is 2.47. The Balaban J connectivity index is 1.49. The van der Waals surface area contributed by atoms with Crippen LogP contribution < -0.4 is 0 Å². The first kappa shape index (κ1) is 21.0. The second kappa shape index (κ2) is 8.44. The van der Waals surface area contributed by atoms with Gasteiger partial charge in [-0.05, 0) is 60.1 Å². The van der Waals surface area contributed by atoms with Gasteiger partial charge in [-0.3, -0.25) is 9.59 Å². The molecule has 0 radical (unpaired) electrons. The maximum Gasteiger partial charge on any atom is 0.303 e. The first-order valence-corrected chi connectivity index (χ1v) is 10.9. The predicted molar refractivity (Wildman–Crippen MR) is 119 cm³/mol. The fourth-order valence-corrected chi connectivity index (χ4v) is 5.58. The summed E-state index contributed by atoms with van der Waals surface area (Å²) in [4.78, 5) is 25.9. The van der Waals surface area contributed by atoms with E-state index >= 15 is 0 Å². The van der Waals surface area contributed by atoms with Gasteiger partial charge in [0.05, 0.1) is 6.42 Å². The average Bonchev–Trinajstić information content (AvgIpc) is 3.01. The number of benzene rings is 2. The molecule has 2 aromatic carbocycles. The number of carbonyl (C=O) groups excluding carboxylic acids is 1. The number of hydrogen-bond donors (Lipinski definition) is 1. The molecule has 1 N–H and O–H groups in total. The van der Waals surface area contributed by atoms with Crippen molar-refractivity contribution in [3.05, 3.63) is 75.3 Å². The maximum atomic E-state index is 12.7. The van der Waals surface area contributed by atoms with Crippen LogP contribution in [0, 0.1) is 0 Å². The van der Waals surface area contributed by atoms with Gasteiger partial charge in [0.25, 0.3) is 0 Å². The van der Waals surface area contributed by atoms with Crippen LogP contribution in [0.3, 0.4) is 0 Å². The van der Waals surface area contributed by atoms with Gasteiger partial charge in [-0.15, -0.1) is 0 Å². The molecule has 0 saturated carbocycles. The van der Waals surface area contributed by atoms with Crippen LogP contribution in [0.1, 0.15) is 48.3 Å². The molecule has 4 rings (SSSR count). The molecule has 30 heavy (non-hydrogen) atoms. The summed E-state index contributed by atoms with van der Waals surface area (Å²) >= 11 is 12.7. The smallest absolute Gasteiger partial charge is 0.303 e. The molecule has 1 spiro atoms. The van der Waals surface area contributed by atoms with Crippen molar-refractivity contribution in [3.63, 3.8) is 0 Å². The van der Waals surface area contributed by atoms with Gasteiger partial charge in [0.2, 0.25) is 5.91 Å². The molecule has 1 saturated heterocycles. The van der Waals surface area contributed by atoms with E-state index in [1.54, 1.807) is 18.2 Å². The minimum atomic E-state index is -0.791. The standard InChI is InChI=1S/C24H23Cl2NO3/c25-19-6-2-1-4-16(19)8-9-21(28)27-12-10-24(11-13-27)15-17(14-22(29)30)18-5-3-7-20(26)23(18)24/h1-9,17H,10-15H2,(H,29,30). The van der Waals surface area contributed by atoms with Crippen molar-refractivity contribution in [1.82, 2.24) is 4.90 Å². The van der Waals surface area contributed by atoms with E-state index in [9.17, 15) is 14.7 Å². The van der Waals surface area contributed by atoms with Gasteiger partial charge in [0.15, 0.2) is 0 Å². The number of nitrogens with zero attached hydrogens (tertiary/aromatic N) is 1. The highest BCUT2D eigenvalue weighted by atomic mass is 35.5. The van der Waals surface area contributed by atoms with Gasteiger partial charge >= 0.3 is 5.97 Å². The number of piperidine rings is 1. The van der Waals surface area contributed by atoms with Gasteiger partial charge in [-0.25, -0.2) is 0 Å². The van der Waals surface area contributed by atoms with Crippen LogP contribution >= 0.6 is 23.2 Å². The van der Waals surface area contributed by atoms with Gasteiger partial charge in [-0.1, -0.05) is 53.5 Å². The fraction of sp³-hybridized carbons (Fsp3) is 0.333. The number of carboxylic acids is 1. The van der Waals surface area contributed by atoms with Crippen molar-refractivity contribution in [3.8, 4) is 0 Å². The Kier molecular flexibility index (Phi) is 5.90. The molecule has 2 aromatic rings. The Labute approximate surface area is 186 Å². The lowest BCUT2D eigenvalue weighted by Crippen LogP contribution is -2.44. The third-order valence-corrected chi connectivity index (χ3v) is 7.08. The van der Waals surface area contributed by atoms with E-state index in [0.717, 1.165) is 36.0 Å². The van der Waals surface area contributed by atoms with E-state index in [4.69, 9.17) is 23.2 Å². The van der Waals surface area contributed by atoms with E-state index in [0.29, 0.717) is 23.1 Å². The van der Waals surface area contributed by atoms with Gasteiger partial charge in [0, 0.05) is 34.6 Å². The summed E-state index contributed by atoms with van der Waals surface area (Å²) in [6.07, 6.45) is 5.77. The number of aliphatic carboxylic acids is 1. The Hall–Kier alpha value is -2.30. The van der Waals surface area contributed by atoms with Crippen LogP contribution in [0.2, 0.25) is 10.0 Å². The maximum absolute atomic E-state index is 12.7. The summed E-state index contributed by atoms with van der Waals surface area (Å²) in [5.41, 5.74) is 2.81. The molecule has 6 heteroatoms. The monoisotopic (exact) mass is 443 g/mol. The SMILES string of the molecule is O=C(O)CC1CC2(CCN(C(=O)C=Cc3ccccc3Cl)CC2)c2c(Cl)cccc21. The minimum absolute atomic E-state index is 0.0291. The third-order valence-electron chi connectivity index (χ3n) is 6.42. The largest absolute Gasteiger partial charge is 0.481 e. The summed E-state index contributed by atoms with van der Waals surface area (Å²) in [5, 5.41) is 10.7. The number of fused-ring (bicyclic) bond motifs is 2. The van der Waals surface area contributed by atoms with Crippen LogP contribution in [-0.2, 0) is 15.0 Å². The summed E-state index contributed by atoms with van der Waals surface area (Å²) < 4.78 is 0. The summed E-state index contributed by atoms with van der Waals surface area (Å²) in [5.74, 6) is -0.858. The summed E-state index contributed by atoms with van der Waals surface area (Å²) in [7, 11) is 0. The second-order valence-corrected chi connectivity index (χ2v) is 8.98. The zero-order valence-corrected chi connectivity index (χ0v) is 18.0. The van der Waals surface area contributed by atoms with Crippen LogP contribution in [0.4, 0.5) is 0 Å². The lowest BCUT2D eigenvalue weighted by atomic mass is 9.73. The summed E-state index contributed by atoms with van der Waals surface area (Å²) in [6.45, 7) is 1.24. The number of likely N-dealkylation sites (tertiary alicyclic amines) is 1. The molecular formula is C24H23Cl2NO3.